The van der Waals surface area contributed by atoms with Gasteiger partial charge in [0, 0.05) is 38.0 Å². The van der Waals surface area contributed by atoms with E-state index in [-0.39, 0.29) is 36.0 Å². The predicted octanol–water partition coefficient (Wildman–Crippen LogP) is 2.42. The minimum atomic E-state index is -0.202. The van der Waals surface area contributed by atoms with E-state index in [1.54, 1.807) is 30.3 Å². The number of fused-ring (bicyclic) bond motifs is 1. The summed E-state index contributed by atoms with van der Waals surface area (Å²) in [5, 5.41) is 3.41. The van der Waals surface area contributed by atoms with Crippen LogP contribution in [0.15, 0.2) is 53.3 Å². The number of morpholine rings is 1. The molecule has 1 saturated heterocycles. The number of ether oxygens (including phenoxy) is 1. The van der Waals surface area contributed by atoms with Crippen LogP contribution in [0.2, 0.25) is 0 Å². The minimum Gasteiger partial charge on any atom is -0.372 e. The van der Waals surface area contributed by atoms with E-state index >= 15 is 0 Å². The molecule has 0 saturated carbocycles. The van der Waals surface area contributed by atoms with E-state index in [0.717, 1.165) is 5.56 Å². The number of carbonyl (C=O) groups excluding carboxylic acids is 2. The largest absolute Gasteiger partial charge is 0.372 e. The molecular weight excluding hydrogens is 420 g/mol. The van der Waals surface area contributed by atoms with Crippen molar-refractivity contribution in [1.82, 2.24) is 20.2 Å². The van der Waals surface area contributed by atoms with Crippen molar-refractivity contribution in [2.24, 2.45) is 0 Å². The molecule has 8 heteroatoms. The van der Waals surface area contributed by atoms with E-state index in [1.807, 2.05) is 36.9 Å². The van der Waals surface area contributed by atoms with Gasteiger partial charge < -0.3 is 19.9 Å². The number of carbonyl (C=O) groups is 2. The first-order chi connectivity index (χ1) is 15.9. The van der Waals surface area contributed by atoms with Crippen LogP contribution in [0.25, 0.3) is 10.9 Å². The summed E-state index contributed by atoms with van der Waals surface area (Å²) in [6.45, 7) is 5.46. The Morgan fingerprint density at radius 1 is 1.09 bits per heavy atom. The van der Waals surface area contributed by atoms with Gasteiger partial charge in [0.1, 0.15) is 5.82 Å². The average molecular weight is 449 g/mol. The minimum absolute atomic E-state index is 0.00976. The second-order valence-electron chi connectivity index (χ2n) is 8.47. The number of para-hydroxylation sites is 1. The number of amides is 2. The van der Waals surface area contributed by atoms with Crippen LogP contribution >= 0.6 is 0 Å². The molecule has 0 radical (unpaired) electrons. The van der Waals surface area contributed by atoms with Crippen molar-refractivity contribution in [2.75, 3.05) is 13.1 Å². The third-order valence-corrected chi connectivity index (χ3v) is 5.65. The maximum atomic E-state index is 12.8. The molecule has 2 amide bonds. The van der Waals surface area contributed by atoms with Crippen molar-refractivity contribution in [3.63, 3.8) is 0 Å². The highest BCUT2D eigenvalue weighted by atomic mass is 16.5. The number of nitrogens with one attached hydrogen (secondary N) is 2. The average Bonchev–Trinajstić information content (AvgIpc) is 2.81. The first-order valence-corrected chi connectivity index (χ1v) is 11.2. The summed E-state index contributed by atoms with van der Waals surface area (Å²) in [6.07, 6.45) is 0.603. The summed E-state index contributed by atoms with van der Waals surface area (Å²) in [4.78, 5) is 46.2. The Balaban J connectivity index is 1.28. The van der Waals surface area contributed by atoms with E-state index in [2.05, 4.69) is 15.3 Å². The number of rotatable bonds is 6. The summed E-state index contributed by atoms with van der Waals surface area (Å²) in [5.74, 6) is 0.343. The van der Waals surface area contributed by atoms with Gasteiger partial charge >= 0.3 is 0 Å². The Morgan fingerprint density at radius 2 is 1.79 bits per heavy atom. The fourth-order valence-corrected chi connectivity index (χ4v) is 4.07. The standard InChI is InChI=1S/C25H28N4O4/c1-16-14-29(15-17(2)33-16)25(32)19-9-7-18(8-10-19)13-26-23(30)12-11-22-27-21-6-4-3-5-20(21)24(31)28-22/h3-10,16-17H,11-15H2,1-2H3,(H,26,30)(H,27,28,31). The SMILES string of the molecule is CC1CN(C(=O)c2ccc(CNC(=O)CCc3nc4ccccc4c(=O)[nH]3)cc2)CC(C)O1. The van der Waals surface area contributed by atoms with Gasteiger partial charge in [-0.3, -0.25) is 14.4 Å². The van der Waals surface area contributed by atoms with Crippen LogP contribution in [0.3, 0.4) is 0 Å². The number of hydrogen-bond donors (Lipinski definition) is 2. The molecule has 0 aliphatic carbocycles. The van der Waals surface area contributed by atoms with Gasteiger partial charge in [-0.2, -0.15) is 0 Å². The highest BCUT2D eigenvalue weighted by molar-refractivity contribution is 5.94. The molecule has 1 fully saturated rings. The van der Waals surface area contributed by atoms with Crippen molar-refractivity contribution >= 4 is 22.7 Å². The highest BCUT2D eigenvalue weighted by Gasteiger charge is 2.26. The van der Waals surface area contributed by atoms with Crippen LogP contribution in [0.1, 0.15) is 42.0 Å². The number of benzene rings is 2. The maximum Gasteiger partial charge on any atom is 0.258 e. The van der Waals surface area contributed by atoms with Crippen LogP contribution in [0.5, 0.6) is 0 Å². The lowest BCUT2D eigenvalue weighted by Crippen LogP contribution is -2.48. The third-order valence-electron chi connectivity index (χ3n) is 5.65. The molecule has 2 unspecified atom stereocenters. The van der Waals surface area contributed by atoms with Gasteiger partial charge in [0.15, 0.2) is 0 Å². The fourth-order valence-electron chi connectivity index (χ4n) is 4.07. The lowest BCUT2D eigenvalue weighted by atomic mass is 10.1. The molecule has 2 atom stereocenters. The number of aromatic nitrogens is 2. The van der Waals surface area contributed by atoms with Crippen molar-refractivity contribution in [3.05, 3.63) is 75.8 Å². The molecule has 1 aliphatic heterocycles. The zero-order valence-corrected chi connectivity index (χ0v) is 18.8. The molecule has 8 nitrogen and oxygen atoms in total. The van der Waals surface area contributed by atoms with Crippen molar-refractivity contribution in [2.45, 2.75) is 45.4 Å². The lowest BCUT2D eigenvalue weighted by molar-refractivity contribution is -0.121. The lowest BCUT2D eigenvalue weighted by Gasteiger charge is -2.35. The number of H-pyrrole nitrogens is 1. The number of hydrogen-bond acceptors (Lipinski definition) is 5. The molecule has 2 heterocycles. The molecule has 1 aliphatic rings. The maximum absolute atomic E-state index is 12.8. The van der Waals surface area contributed by atoms with Crippen molar-refractivity contribution < 1.29 is 14.3 Å². The van der Waals surface area contributed by atoms with Crippen molar-refractivity contribution in [3.8, 4) is 0 Å². The van der Waals surface area contributed by atoms with E-state index < -0.39 is 0 Å². The van der Waals surface area contributed by atoms with Crippen molar-refractivity contribution in [1.29, 1.82) is 0 Å². The molecule has 33 heavy (non-hydrogen) atoms. The number of aromatic amines is 1. The summed E-state index contributed by atoms with van der Waals surface area (Å²) in [7, 11) is 0. The Kier molecular flexibility index (Phi) is 6.84. The second kappa shape index (κ2) is 9.95. The molecule has 172 valence electrons. The topological polar surface area (TPSA) is 104 Å². The fraction of sp³-hybridized carbons (Fsp3) is 0.360. The Morgan fingerprint density at radius 3 is 2.52 bits per heavy atom. The van der Waals surface area contributed by atoms with Gasteiger partial charge in [0.05, 0.1) is 23.1 Å². The number of aryl methyl sites for hydroxylation is 1. The van der Waals surface area contributed by atoms with Gasteiger partial charge in [-0.25, -0.2) is 4.98 Å². The summed E-state index contributed by atoms with van der Waals surface area (Å²) in [5.41, 5.74) is 1.94. The third kappa shape index (κ3) is 5.64. The molecular formula is C25H28N4O4. The molecule has 3 aromatic rings. The van der Waals surface area contributed by atoms with Gasteiger partial charge in [-0.05, 0) is 43.7 Å². The molecule has 0 spiro atoms. The van der Waals surface area contributed by atoms with Crippen LogP contribution in [0, 0.1) is 0 Å². The summed E-state index contributed by atoms with van der Waals surface area (Å²) in [6, 6.07) is 14.4. The van der Waals surface area contributed by atoms with E-state index in [9.17, 15) is 14.4 Å². The molecule has 2 N–H and O–H groups in total. The number of nitrogens with zero attached hydrogens (tertiary/aromatic N) is 2. The second-order valence-corrected chi connectivity index (χ2v) is 8.47. The zero-order valence-electron chi connectivity index (χ0n) is 18.8. The predicted molar refractivity (Wildman–Crippen MR) is 125 cm³/mol. The van der Waals surface area contributed by atoms with E-state index in [4.69, 9.17) is 4.74 Å². The van der Waals surface area contributed by atoms with E-state index in [1.165, 1.54) is 0 Å². The Labute approximate surface area is 192 Å². The van der Waals surface area contributed by atoms with Crippen LogP contribution in [0.4, 0.5) is 0 Å². The normalized spacial score (nSPS) is 18.3. The quantitative estimate of drug-likeness (QED) is 0.603. The van der Waals surface area contributed by atoms with Crippen LogP contribution < -0.4 is 10.9 Å². The Bertz CT molecular complexity index is 1200. The summed E-state index contributed by atoms with van der Waals surface area (Å²) >= 11 is 0. The molecule has 4 rings (SSSR count). The molecule has 1 aromatic heterocycles. The van der Waals surface area contributed by atoms with Gasteiger partial charge in [0.25, 0.3) is 11.5 Å². The smallest absolute Gasteiger partial charge is 0.258 e. The molecule has 2 aromatic carbocycles. The first kappa shape index (κ1) is 22.7. The van der Waals surface area contributed by atoms with E-state index in [0.29, 0.717) is 48.3 Å². The zero-order chi connectivity index (χ0) is 23.4. The van der Waals surface area contributed by atoms with Gasteiger partial charge in [-0.15, -0.1) is 0 Å². The monoisotopic (exact) mass is 448 g/mol. The van der Waals surface area contributed by atoms with Gasteiger partial charge in [0.2, 0.25) is 5.91 Å². The summed E-state index contributed by atoms with van der Waals surface area (Å²) < 4.78 is 5.69. The Hall–Kier alpha value is -3.52. The highest BCUT2D eigenvalue weighted by Crippen LogP contribution is 2.15. The van der Waals surface area contributed by atoms with Crippen LogP contribution in [-0.2, 0) is 22.5 Å². The van der Waals surface area contributed by atoms with Gasteiger partial charge in [-0.1, -0.05) is 24.3 Å². The first-order valence-electron chi connectivity index (χ1n) is 11.2. The molecule has 0 bridgehead atoms. The van der Waals surface area contributed by atoms with Crippen LogP contribution in [-0.4, -0.2) is 52.0 Å².